The van der Waals surface area contributed by atoms with Crippen LogP contribution in [0.5, 0.6) is 0 Å². The second-order valence-electron chi connectivity index (χ2n) is 7.87. The van der Waals surface area contributed by atoms with Crippen LogP contribution in [0.3, 0.4) is 0 Å². The molecule has 0 heterocycles. The van der Waals surface area contributed by atoms with E-state index in [0.717, 1.165) is 44.9 Å². The van der Waals surface area contributed by atoms with Crippen LogP contribution in [0.15, 0.2) is 12.2 Å². The molecule has 6 nitrogen and oxygen atoms in total. The number of aliphatic hydroxyl groups excluding tert-OH is 1. The number of sulfonamides is 1. The molecule has 1 rings (SSSR count). The smallest absolute Gasteiger partial charge is 0.303 e. The minimum absolute atomic E-state index is 0.0750. The van der Waals surface area contributed by atoms with Gasteiger partial charge in [-0.05, 0) is 43.9 Å². The zero-order valence-electron chi connectivity index (χ0n) is 16.9. The largest absolute Gasteiger partial charge is 0.481 e. The van der Waals surface area contributed by atoms with Gasteiger partial charge in [0.25, 0.3) is 0 Å². The van der Waals surface area contributed by atoms with Gasteiger partial charge in [-0.15, -0.1) is 0 Å². The van der Waals surface area contributed by atoms with Gasteiger partial charge >= 0.3 is 5.97 Å². The van der Waals surface area contributed by atoms with Crippen molar-refractivity contribution in [3.8, 4) is 0 Å². The lowest BCUT2D eigenvalue weighted by Gasteiger charge is -2.45. The highest BCUT2D eigenvalue weighted by Crippen LogP contribution is 2.48. The summed E-state index contributed by atoms with van der Waals surface area (Å²) in [5.74, 6) is -0.789. The van der Waals surface area contributed by atoms with Crippen LogP contribution in [0.25, 0.3) is 0 Å². The van der Waals surface area contributed by atoms with Crippen LogP contribution >= 0.6 is 0 Å². The molecule has 0 bridgehead atoms. The molecule has 1 fully saturated rings. The normalized spacial score (nSPS) is 17.9. The van der Waals surface area contributed by atoms with Crippen molar-refractivity contribution in [2.24, 2.45) is 5.41 Å². The Balaban J connectivity index is 2.37. The fourth-order valence-electron chi connectivity index (χ4n) is 3.86. The quantitative estimate of drug-likeness (QED) is 0.322. The molecule has 0 aromatic heterocycles. The van der Waals surface area contributed by atoms with Gasteiger partial charge in [0.05, 0.1) is 12.4 Å². The molecule has 7 heteroatoms. The molecule has 0 amide bonds. The highest BCUT2D eigenvalue weighted by atomic mass is 32.2. The Kier molecular flexibility index (Phi) is 10.6. The van der Waals surface area contributed by atoms with Crippen molar-refractivity contribution in [1.29, 1.82) is 0 Å². The van der Waals surface area contributed by atoms with Crippen molar-refractivity contribution in [1.82, 2.24) is 4.31 Å². The Morgan fingerprint density at radius 1 is 1.19 bits per heavy atom. The number of nitrogens with zero attached hydrogens (tertiary/aromatic N) is 1. The zero-order valence-corrected chi connectivity index (χ0v) is 17.7. The van der Waals surface area contributed by atoms with Gasteiger partial charge in [-0.3, -0.25) is 4.79 Å². The number of rotatable bonds is 15. The van der Waals surface area contributed by atoms with E-state index in [2.05, 4.69) is 6.92 Å². The summed E-state index contributed by atoms with van der Waals surface area (Å²) in [5.41, 5.74) is 0.0750. The molecular formula is C20H37NO5S. The fraction of sp³-hybridized carbons (Fsp3) is 0.850. The number of carboxylic acid groups (broad SMARTS) is 1. The maximum Gasteiger partial charge on any atom is 0.303 e. The van der Waals surface area contributed by atoms with Crippen molar-refractivity contribution in [2.45, 2.75) is 83.7 Å². The third-order valence-electron chi connectivity index (χ3n) is 5.66. The van der Waals surface area contributed by atoms with E-state index in [1.54, 1.807) is 0 Å². The van der Waals surface area contributed by atoms with E-state index in [4.69, 9.17) is 5.11 Å². The van der Waals surface area contributed by atoms with Gasteiger partial charge in [-0.25, -0.2) is 8.42 Å². The van der Waals surface area contributed by atoms with Crippen molar-refractivity contribution >= 4 is 16.0 Å². The van der Waals surface area contributed by atoms with Crippen LogP contribution in [-0.2, 0) is 14.8 Å². The molecule has 0 aliphatic heterocycles. The SMILES string of the molecule is CCCC1(C(O)CC=CCN(CCCCCCC(=O)O)S(C)(=O)=O)CCC1. The highest BCUT2D eigenvalue weighted by Gasteiger charge is 2.41. The molecule has 0 radical (unpaired) electrons. The minimum Gasteiger partial charge on any atom is -0.481 e. The zero-order chi connectivity index (χ0) is 20.3. The van der Waals surface area contributed by atoms with Gasteiger partial charge in [0.2, 0.25) is 10.0 Å². The maximum absolute atomic E-state index is 11.9. The van der Waals surface area contributed by atoms with E-state index in [0.29, 0.717) is 25.9 Å². The van der Waals surface area contributed by atoms with Crippen molar-refractivity contribution in [3.05, 3.63) is 12.2 Å². The molecule has 0 aromatic rings. The molecule has 1 unspecified atom stereocenters. The fourth-order valence-corrected chi connectivity index (χ4v) is 4.67. The first kappa shape index (κ1) is 24.1. The molecule has 1 saturated carbocycles. The number of aliphatic hydroxyl groups is 1. The lowest BCUT2D eigenvalue weighted by Crippen LogP contribution is -2.41. The van der Waals surface area contributed by atoms with Crippen LogP contribution < -0.4 is 0 Å². The van der Waals surface area contributed by atoms with Gasteiger partial charge in [-0.2, -0.15) is 4.31 Å². The average Bonchev–Trinajstić information content (AvgIpc) is 2.54. The van der Waals surface area contributed by atoms with Gasteiger partial charge in [0, 0.05) is 19.5 Å². The number of carbonyl (C=O) groups is 1. The van der Waals surface area contributed by atoms with Gasteiger partial charge in [0.1, 0.15) is 0 Å². The Morgan fingerprint density at radius 2 is 1.85 bits per heavy atom. The van der Waals surface area contributed by atoms with Crippen LogP contribution in [-0.4, -0.2) is 54.4 Å². The average molecular weight is 404 g/mol. The summed E-state index contributed by atoms with van der Waals surface area (Å²) < 4.78 is 25.3. The number of aliphatic carboxylic acids is 1. The molecule has 0 aromatic carbocycles. The van der Waals surface area contributed by atoms with Crippen LogP contribution in [0, 0.1) is 5.41 Å². The summed E-state index contributed by atoms with van der Waals surface area (Å²) in [6, 6.07) is 0. The van der Waals surface area contributed by atoms with E-state index >= 15 is 0 Å². The Morgan fingerprint density at radius 3 is 2.37 bits per heavy atom. The molecule has 0 spiro atoms. The second kappa shape index (κ2) is 11.8. The summed E-state index contributed by atoms with van der Waals surface area (Å²) in [6.45, 7) is 2.91. The van der Waals surface area contributed by atoms with E-state index in [-0.39, 0.29) is 17.9 Å². The summed E-state index contributed by atoms with van der Waals surface area (Å²) in [5, 5.41) is 19.1. The van der Waals surface area contributed by atoms with Crippen LogP contribution in [0.2, 0.25) is 0 Å². The highest BCUT2D eigenvalue weighted by molar-refractivity contribution is 7.88. The molecule has 158 valence electrons. The predicted molar refractivity (Wildman–Crippen MR) is 108 cm³/mol. The standard InChI is InChI=1S/C20H37NO5S/c1-3-13-20(14-10-15-20)18(22)11-7-9-17-21(27(2,25)26)16-8-5-4-6-12-19(23)24/h7,9,18,22H,3-6,8,10-17H2,1-2H3,(H,23,24). The summed E-state index contributed by atoms with van der Waals surface area (Å²) in [4.78, 5) is 10.5. The lowest BCUT2D eigenvalue weighted by atomic mass is 9.62. The first-order chi connectivity index (χ1) is 12.7. The molecule has 1 aliphatic carbocycles. The van der Waals surface area contributed by atoms with Gasteiger partial charge in [-0.1, -0.05) is 44.8 Å². The second-order valence-corrected chi connectivity index (χ2v) is 9.85. The molecular weight excluding hydrogens is 366 g/mol. The lowest BCUT2D eigenvalue weighted by molar-refractivity contribution is -0.137. The predicted octanol–water partition coefficient (Wildman–Crippen LogP) is 3.56. The Hall–Kier alpha value is -0.920. The summed E-state index contributed by atoms with van der Waals surface area (Å²) in [7, 11) is -3.28. The van der Waals surface area contributed by atoms with Crippen molar-refractivity contribution in [3.63, 3.8) is 0 Å². The molecule has 27 heavy (non-hydrogen) atoms. The monoisotopic (exact) mass is 403 g/mol. The topological polar surface area (TPSA) is 94.9 Å². The molecule has 1 aliphatic rings. The third-order valence-corrected chi connectivity index (χ3v) is 6.93. The number of carboxylic acids is 1. The van der Waals surface area contributed by atoms with Crippen molar-refractivity contribution in [2.75, 3.05) is 19.3 Å². The third kappa shape index (κ3) is 8.75. The van der Waals surface area contributed by atoms with Crippen molar-refractivity contribution < 1.29 is 23.4 Å². The molecule has 1 atom stereocenters. The first-order valence-corrected chi connectivity index (χ1v) is 12.1. The summed E-state index contributed by atoms with van der Waals surface area (Å²) >= 11 is 0. The number of hydrogen-bond donors (Lipinski definition) is 2. The summed E-state index contributed by atoms with van der Waals surface area (Å²) in [6.07, 6.45) is 13.8. The van der Waals surface area contributed by atoms with Gasteiger partial charge in [0.15, 0.2) is 0 Å². The number of hydrogen-bond acceptors (Lipinski definition) is 4. The Bertz CT molecular complexity index is 569. The Labute approximate surface area is 164 Å². The van der Waals surface area contributed by atoms with E-state index < -0.39 is 16.0 Å². The number of unbranched alkanes of at least 4 members (excludes halogenated alkanes) is 3. The first-order valence-electron chi connectivity index (χ1n) is 10.2. The van der Waals surface area contributed by atoms with Crippen LogP contribution in [0.4, 0.5) is 0 Å². The van der Waals surface area contributed by atoms with E-state index in [1.807, 2.05) is 12.2 Å². The maximum atomic E-state index is 11.9. The van der Waals surface area contributed by atoms with Gasteiger partial charge < -0.3 is 10.2 Å². The molecule has 0 saturated heterocycles. The van der Waals surface area contributed by atoms with Crippen LogP contribution in [0.1, 0.15) is 77.6 Å². The minimum atomic E-state index is -3.28. The molecule has 2 N–H and O–H groups in total. The van der Waals surface area contributed by atoms with E-state index in [9.17, 15) is 18.3 Å². The van der Waals surface area contributed by atoms with E-state index in [1.165, 1.54) is 17.0 Å².